The van der Waals surface area contributed by atoms with Gasteiger partial charge in [0.25, 0.3) is 0 Å². The maximum atomic E-state index is 14.2. The molecule has 2 aromatic carbocycles. The maximum absolute atomic E-state index is 14.2. The standard InChI is InChI=1S/C27H25ClF2N2O/c1-27(13-2-3-14-27)33-25-12-8-18(16-31-25)17-7-9-19(20(28)15-17)23-10-11-24(32-23)26-21(29)5-4-6-22(26)30/h4-9,12,15-16,23H,2-3,10-11,13-14H2,1H3/t23-/m1/s1. The Bertz CT molecular complexity index is 1180. The highest BCUT2D eigenvalue weighted by atomic mass is 35.5. The Balaban J connectivity index is 1.34. The number of aliphatic imine (C=N–C) groups is 1. The van der Waals surface area contributed by atoms with Crippen LogP contribution >= 0.6 is 11.6 Å². The van der Waals surface area contributed by atoms with E-state index < -0.39 is 11.6 Å². The molecule has 1 aliphatic carbocycles. The number of aromatic nitrogens is 1. The average Bonchev–Trinajstić information content (AvgIpc) is 3.44. The van der Waals surface area contributed by atoms with Gasteiger partial charge in [0.05, 0.1) is 11.6 Å². The van der Waals surface area contributed by atoms with Crippen molar-refractivity contribution in [3.05, 3.63) is 82.5 Å². The summed E-state index contributed by atoms with van der Waals surface area (Å²) in [7, 11) is 0. The summed E-state index contributed by atoms with van der Waals surface area (Å²) in [5, 5.41) is 0.579. The first-order valence-electron chi connectivity index (χ1n) is 11.4. The summed E-state index contributed by atoms with van der Waals surface area (Å²) in [5.74, 6) is -0.533. The van der Waals surface area contributed by atoms with Gasteiger partial charge in [-0.05, 0) is 80.8 Å². The van der Waals surface area contributed by atoms with E-state index in [4.69, 9.17) is 16.3 Å². The SMILES string of the molecule is CC1(Oc2ccc(-c3ccc([C@H]4CCC(c5c(F)cccc5F)=N4)c(Cl)c3)cn2)CCCC1. The summed E-state index contributed by atoms with van der Waals surface area (Å²) in [5.41, 5.74) is 3.04. The normalized spacial score (nSPS) is 19.5. The van der Waals surface area contributed by atoms with E-state index >= 15 is 0 Å². The fourth-order valence-corrected chi connectivity index (χ4v) is 5.15. The molecule has 0 saturated heterocycles. The third kappa shape index (κ3) is 4.51. The van der Waals surface area contributed by atoms with E-state index in [-0.39, 0.29) is 17.2 Å². The fraction of sp³-hybridized carbons (Fsp3) is 0.333. The topological polar surface area (TPSA) is 34.5 Å². The van der Waals surface area contributed by atoms with Crippen LogP contribution in [0.25, 0.3) is 11.1 Å². The Hall–Kier alpha value is -2.79. The van der Waals surface area contributed by atoms with Crippen LogP contribution in [0, 0.1) is 11.6 Å². The van der Waals surface area contributed by atoms with Crippen molar-refractivity contribution in [2.75, 3.05) is 0 Å². The molecule has 1 aliphatic heterocycles. The zero-order valence-corrected chi connectivity index (χ0v) is 19.2. The molecule has 0 spiro atoms. The van der Waals surface area contributed by atoms with Crippen LogP contribution in [-0.2, 0) is 0 Å². The van der Waals surface area contributed by atoms with Crippen molar-refractivity contribution in [3.8, 4) is 17.0 Å². The van der Waals surface area contributed by atoms with Gasteiger partial charge in [0.2, 0.25) is 5.88 Å². The minimum Gasteiger partial charge on any atom is -0.471 e. The molecule has 33 heavy (non-hydrogen) atoms. The molecule has 0 N–H and O–H groups in total. The predicted molar refractivity (Wildman–Crippen MR) is 127 cm³/mol. The molecule has 170 valence electrons. The van der Waals surface area contributed by atoms with Crippen molar-refractivity contribution in [3.63, 3.8) is 0 Å². The lowest BCUT2D eigenvalue weighted by Crippen LogP contribution is -2.28. The number of ether oxygens (including phenoxy) is 1. The molecule has 1 fully saturated rings. The van der Waals surface area contributed by atoms with E-state index in [9.17, 15) is 8.78 Å². The summed E-state index contributed by atoms with van der Waals surface area (Å²) in [6, 6.07) is 13.4. The zero-order valence-electron chi connectivity index (χ0n) is 18.5. The van der Waals surface area contributed by atoms with Gasteiger partial charge in [-0.25, -0.2) is 13.8 Å². The van der Waals surface area contributed by atoms with Crippen molar-refractivity contribution < 1.29 is 13.5 Å². The lowest BCUT2D eigenvalue weighted by atomic mass is 9.99. The first-order chi connectivity index (χ1) is 15.9. The molecule has 0 amide bonds. The van der Waals surface area contributed by atoms with Crippen molar-refractivity contribution >= 4 is 17.3 Å². The first kappa shape index (κ1) is 22.0. The highest BCUT2D eigenvalue weighted by Crippen LogP contribution is 2.38. The van der Waals surface area contributed by atoms with Gasteiger partial charge in [-0.3, -0.25) is 4.99 Å². The second-order valence-electron chi connectivity index (χ2n) is 9.11. The monoisotopic (exact) mass is 466 g/mol. The average molecular weight is 467 g/mol. The molecule has 0 unspecified atom stereocenters. The summed E-state index contributed by atoms with van der Waals surface area (Å²) < 4.78 is 34.4. The molecule has 0 radical (unpaired) electrons. The Morgan fingerprint density at radius 2 is 1.73 bits per heavy atom. The molecule has 3 aromatic rings. The highest BCUT2D eigenvalue weighted by molar-refractivity contribution is 6.31. The van der Waals surface area contributed by atoms with E-state index in [2.05, 4.69) is 16.9 Å². The Kier molecular flexibility index (Phi) is 5.92. The molecule has 6 heteroatoms. The number of hydrogen-bond acceptors (Lipinski definition) is 3. The number of nitrogens with zero attached hydrogens (tertiary/aromatic N) is 2. The second kappa shape index (κ2) is 8.86. The fourth-order valence-electron chi connectivity index (χ4n) is 4.84. The molecule has 1 aromatic heterocycles. The van der Waals surface area contributed by atoms with Crippen LogP contribution < -0.4 is 4.74 Å². The number of benzene rings is 2. The van der Waals surface area contributed by atoms with E-state index in [0.717, 1.165) is 29.5 Å². The van der Waals surface area contributed by atoms with E-state index in [0.29, 0.717) is 29.5 Å². The van der Waals surface area contributed by atoms with Crippen LogP contribution in [0.3, 0.4) is 0 Å². The molecule has 2 aliphatic rings. The van der Waals surface area contributed by atoms with Crippen molar-refractivity contribution in [1.82, 2.24) is 4.98 Å². The molecule has 1 saturated carbocycles. The van der Waals surface area contributed by atoms with E-state index in [1.807, 2.05) is 30.3 Å². The minimum absolute atomic E-state index is 0.0346. The zero-order chi connectivity index (χ0) is 23.0. The molecule has 2 heterocycles. The maximum Gasteiger partial charge on any atom is 0.213 e. The number of halogens is 3. The molecular formula is C27H25ClF2N2O. The van der Waals surface area contributed by atoms with Gasteiger partial charge < -0.3 is 4.74 Å². The van der Waals surface area contributed by atoms with Gasteiger partial charge in [0, 0.05) is 28.6 Å². The van der Waals surface area contributed by atoms with Gasteiger partial charge in [-0.2, -0.15) is 0 Å². The molecule has 0 bridgehead atoms. The van der Waals surface area contributed by atoms with Crippen molar-refractivity contribution in [2.45, 2.75) is 57.1 Å². The summed E-state index contributed by atoms with van der Waals surface area (Å²) in [6.07, 6.45) is 7.47. The van der Waals surface area contributed by atoms with E-state index in [1.54, 1.807) is 6.20 Å². The molecular weight excluding hydrogens is 442 g/mol. The van der Waals surface area contributed by atoms with Gasteiger partial charge in [-0.15, -0.1) is 0 Å². The van der Waals surface area contributed by atoms with Gasteiger partial charge in [0.15, 0.2) is 0 Å². The van der Waals surface area contributed by atoms with Crippen molar-refractivity contribution in [1.29, 1.82) is 0 Å². The summed E-state index contributed by atoms with van der Waals surface area (Å²) in [4.78, 5) is 9.10. The first-order valence-corrected chi connectivity index (χ1v) is 11.8. The quantitative estimate of drug-likeness (QED) is 0.385. The Labute approximate surface area is 197 Å². The van der Waals surface area contributed by atoms with Gasteiger partial charge in [0.1, 0.15) is 17.2 Å². The van der Waals surface area contributed by atoms with Crippen LogP contribution in [0.4, 0.5) is 8.78 Å². The third-order valence-corrected chi connectivity index (χ3v) is 6.99. The molecule has 1 atom stereocenters. The predicted octanol–water partition coefficient (Wildman–Crippen LogP) is 7.72. The van der Waals surface area contributed by atoms with Crippen LogP contribution in [-0.4, -0.2) is 16.3 Å². The molecule has 5 rings (SSSR count). The highest BCUT2D eigenvalue weighted by Gasteiger charge is 2.31. The lowest BCUT2D eigenvalue weighted by Gasteiger charge is -2.24. The van der Waals surface area contributed by atoms with Crippen LogP contribution in [0.2, 0.25) is 5.02 Å². The molecule has 3 nitrogen and oxygen atoms in total. The van der Waals surface area contributed by atoms with E-state index in [1.165, 1.54) is 31.0 Å². The lowest BCUT2D eigenvalue weighted by molar-refractivity contribution is 0.0909. The second-order valence-corrected chi connectivity index (χ2v) is 9.51. The number of pyridine rings is 1. The largest absolute Gasteiger partial charge is 0.471 e. The summed E-state index contributed by atoms with van der Waals surface area (Å²) in [6.45, 7) is 2.14. The van der Waals surface area contributed by atoms with Crippen molar-refractivity contribution in [2.24, 2.45) is 4.99 Å². The van der Waals surface area contributed by atoms with Crippen LogP contribution in [0.1, 0.15) is 62.6 Å². The van der Waals surface area contributed by atoms with Gasteiger partial charge in [-0.1, -0.05) is 29.8 Å². The van der Waals surface area contributed by atoms with Crippen LogP contribution in [0.5, 0.6) is 5.88 Å². The minimum atomic E-state index is -0.585. The third-order valence-electron chi connectivity index (χ3n) is 6.66. The number of hydrogen-bond donors (Lipinski definition) is 0. The number of rotatable bonds is 5. The van der Waals surface area contributed by atoms with Gasteiger partial charge >= 0.3 is 0 Å². The Morgan fingerprint density at radius 1 is 1.00 bits per heavy atom. The van der Waals surface area contributed by atoms with Crippen LogP contribution in [0.15, 0.2) is 59.7 Å². The Morgan fingerprint density at radius 3 is 2.39 bits per heavy atom. The summed E-state index contributed by atoms with van der Waals surface area (Å²) >= 11 is 6.62. The smallest absolute Gasteiger partial charge is 0.213 e.